The van der Waals surface area contributed by atoms with Crippen LogP contribution < -0.4 is 5.32 Å². The summed E-state index contributed by atoms with van der Waals surface area (Å²) in [6.45, 7) is 8.80. The van der Waals surface area contributed by atoms with Gasteiger partial charge in [-0.2, -0.15) is 0 Å². The van der Waals surface area contributed by atoms with Crippen molar-refractivity contribution in [1.82, 2.24) is 15.1 Å². The van der Waals surface area contributed by atoms with Gasteiger partial charge in [0.05, 0.1) is 6.61 Å². The van der Waals surface area contributed by atoms with Crippen LogP contribution in [0.15, 0.2) is 0 Å². The van der Waals surface area contributed by atoms with Crippen molar-refractivity contribution in [3.05, 3.63) is 0 Å². The molecule has 3 aliphatic rings. The topological polar surface area (TPSA) is 61.9 Å². The Morgan fingerprint density at radius 3 is 2.39 bits per heavy atom. The van der Waals surface area contributed by atoms with Crippen LogP contribution in [0.2, 0.25) is 0 Å². The summed E-state index contributed by atoms with van der Waals surface area (Å²) in [5.74, 6) is 0.0480. The van der Waals surface area contributed by atoms with Gasteiger partial charge in [0.2, 0.25) is 0 Å². The fourth-order valence-electron chi connectivity index (χ4n) is 4.62. The Balaban J connectivity index is 1.49. The molecule has 0 aromatic heterocycles. The van der Waals surface area contributed by atoms with Gasteiger partial charge in [0.15, 0.2) is 5.67 Å². The van der Waals surface area contributed by atoms with Crippen molar-refractivity contribution in [3.8, 4) is 0 Å². The third-order valence-electron chi connectivity index (χ3n) is 6.77. The molecule has 0 bridgehead atoms. The number of hydrogen-bond acceptors (Lipinski definition) is 4. The van der Waals surface area contributed by atoms with Gasteiger partial charge in [-0.1, -0.05) is 0 Å². The number of carbonyl (C=O) groups is 2. The molecule has 1 saturated carbocycles. The molecule has 1 N–H and O–H groups in total. The highest BCUT2D eigenvalue weighted by Gasteiger charge is 2.47. The molecule has 0 radical (unpaired) electrons. The van der Waals surface area contributed by atoms with Crippen molar-refractivity contribution in [1.29, 1.82) is 0 Å². The van der Waals surface area contributed by atoms with Gasteiger partial charge in [-0.3, -0.25) is 4.79 Å². The Hall–Kier alpha value is -1.37. The van der Waals surface area contributed by atoms with Crippen molar-refractivity contribution in [2.45, 2.75) is 83.0 Å². The van der Waals surface area contributed by atoms with Crippen LogP contribution in [-0.4, -0.2) is 71.8 Å². The molecule has 1 atom stereocenters. The van der Waals surface area contributed by atoms with Crippen molar-refractivity contribution < 1.29 is 18.7 Å². The van der Waals surface area contributed by atoms with E-state index in [-0.39, 0.29) is 24.5 Å². The van der Waals surface area contributed by atoms with Crippen molar-refractivity contribution in [3.63, 3.8) is 0 Å². The summed E-state index contributed by atoms with van der Waals surface area (Å²) >= 11 is 0. The van der Waals surface area contributed by atoms with E-state index in [1.807, 2.05) is 20.8 Å². The Labute approximate surface area is 168 Å². The van der Waals surface area contributed by atoms with Gasteiger partial charge in [0.1, 0.15) is 0 Å². The number of carbonyl (C=O) groups excluding carboxylic acids is 2. The highest BCUT2D eigenvalue weighted by molar-refractivity contribution is 5.85. The maximum absolute atomic E-state index is 15.3. The second kappa shape index (κ2) is 8.56. The molecule has 0 spiro atoms. The van der Waals surface area contributed by atoms with E-state index in [4.69, 9.17) is 4.74 Å². The van der Waals surface area contributed by atoms with E-state index < -0.39 is 11.6 Å². The monoisotopic (exact) mass is 397 g/mol. The number of piperidine rings is 1. The number of nitrogens with one attached hydrogen (secondary N) is 1. The van der Waals surface area contributed by atoms with Crippen LogP contribution in [0.25, 0.3) is 0 Å². The van der Waals surface area contributed by atoms with Gasteiger partial charge in [-0.25, -0.2) is 9.18 Å². The molecule has 2 aliphatic heterocycles. The van der Waals surface area contributed by atoms with E-state index in [2.05, 4.69) is 10.2 Å². The molecule has 2 saturated heterocycles. The van der Waals surface area contributed by atoms with Crippen molar-refractivity contribution in [2.24, 2.45) is 5.92 Å². The van der Waals surface area contributed by atoms with E-state index >= 15 is 4.39 Å². The Kier molecular flexibility index (Phi) is 6.52. The first kappa shape index (κ1) is 21.3. The van der Waals surface area contributed by atoms with Crippen LogP contribution in [0.1, 0.15) is 65.7 Å². The van der Waals surface area contributed by atoms with Gasteiger partial charge in [-0.15, -0.1) is 0 Å². The van der Waals surface area contributed by atoms with Crippen LogP contribution in [0.3, 0.4) is 0 Å². The molecular weight excluding hydrogens is 361 g/mol. The lowest BCUT2D eigenvalue weighted by Crippen LogP contribution is -2.57. The average Bonchev–Trinajstić information content (AvgIpc) is 3.49. The van der Waals surface area contributed by atoms with Crippen LogP contribution in [0.4, 0.5) is 9.18 Å². The molecule has 28 heavy (non-hydrogen) atoms. The third-order valence-corrected chi connectivity index (χ3v) is 6.77. The van der Waals surface area contributed by atoms with Crippen LogP contribution in [0, 0.1) is 5.92 Å². The normalized spacial score (nSPS) is 26.4. The number of alkyl halides is 1. The lowest BCUT2D eigenvalue weighted by Gasteiger charge is -2.40. The maximum Gasteiger partial charge on any atom is 0.409 e. The molecule has 0 aromatic rings. The SMILES string of the molecule is CCOC(=O)N1CCCC(N2CCC(F)(C(=O)NC(C)(C)C3CC3)CC2)CC1. The second-order valence-corrected chi connectivity index (χ2v) is 9.22. The lowest BCUT2D eigenvalue weighted by atomic mass is 9.88. The first-order valence-corrected chi connectivity index (χ1v) is 10.9. The predicted molar refractivity (Wildman–Crippen MR) is 106 cm³/mol. The zero-order valence-corrected chi connectivity index (χ0v) is 17.6. The molecular formula is C21H36FN3O3. The molecule has 3 fully saturated rings. The predicted octanol–water partition coefficient (Wildman–Crippen LogP) is 3.11. The Bertz CT molecular complexity index is 571. The summed E-state index contributed by atoms with van der Waals surface area (Å²) in [5.41, 5.74) is -2.07. The summed E-state index contributed by atoms with van der Waals surface area (Å²) in [6, 6.07) is 0.343. The van der Waals surface area contributed by atoms with E-state index in [1.54, 1.807) is 4.90 Å². The molecule has 1 aliphatic carbocycles. The number of nitrogens with zero attached hydrogens (tertiary/aromatic N) is 2. The van der Waals surface area contributed by atoms with Crippen molar-refractivity contribution >= 4 is 12.0 Å². The van der Waals surface area contributed by atoms with Crippen molar-refractivity contribution in [2.75, 3.05) is 32.8 Å². The molecule has 2 heterocycles. The van der Waals surface area contributed by atoms with Gasteiger partial charge < -0.3 is 19.9 Å². The fourth-order valence-corrected chi connectivity index (χ4v) is 4.62. The molecule has 160 valence electrons. The number of halogens is 1. The maximum atomic E-state index is 15.3. The van der Waals surface area contributed by atoms with Crippen LogP contribution in [0.5, 0.6) is 0 Å². The van der Waals surface area contributed by atoms with Gasteiger partial charge in [0.25, 0.3) is 5.91 Å². The molecule has 7 heteroatoms. The zero-order chi connectivity index (χ0) is 20.4. The molecule has 0 aromatic carbocycles. The number of amides is 2. The minimum atomic E-state index is -1.76. The highest BCUT2D eigenvalue weighted by Crippen LogP contribution is 2.40. The summed E-state index contributed by atoms with van der Waals surface area (Å²) in [5, 5.41) is 2.97. The standard InChI is InChI=1S/C21H36FN3O3/c1-4-28-19(27)25-12-5-6-17(9-13-25)24-14-10-21(22,11-15-24)18(26)23-20(2,3)16-7-8-16/h16-17H,4-15H2,1-3H3,(H,23,26). The van der Waals surface area contributed by atoms with Gasteiger partial charge in [0, 0.05) is 50.6 Å². The van der Waals surface area contributed by atoms with Gasteiger partial charge in [-0.05, 0) is 58.8 Å². The van der Waals surface area contributed by atoms with E-state index in [9.17, 15) is 9.59 Å². The molecule has 6 nitrogen and oxygen atoms in total. The number of likely N-dealkylation sites (tertiary alicyclic amines) is 2. The molecule has 3 rings (SSSR count). The number of hydrogen-bond donors (Lipinski definition) is 1. The summed E-state index contributed by atoms with van der Waals surface area (Å²) in [4.78, 5) is 28.7. The minimum absolute atomic E-state index is 0.237. The van der Waals surface area contributed by atoms with E-state index in [0.29, 0.717) is 38.2 Å². The molecule has 1 unspecified atom stereocenters. The largest absolute Gasteiger partial charge is 0.450 e. The highest BCUT2D eigenvalue weighted by atomic mass is 19.1. The summed E-state index contributed by atoms with van der Waals surface area (Å²) < 4.78 is 20.5. The van der Waals surface area contributed by atoms with Crippen LogP contribution >= 0.6 is 0 Å². The first-order chi connectivity index (χ1) is 13.2. The quantitative estimate of drug-likeness (QED) is 0.774. The van der Waals surface area contributed by atoms with E-state index in [0.717, 1.165) is 38.6 Å². The first-order valence-electron chi connectivity index (χ1n) is 10.9. The third kappa shape index (κ3) is 4.97. The summed E-state index contributed by atoms with van der Waals surface area (Å²) in [7, 11) is 0. The molecule has 2 amide bonds. The number of ether oxygens (including phenoxy) is 1. The second-order valence-electron chi connectivity index (χ2n) is 9.22. The fraction of sp³-hybridized carbons (Fsp3) is 0.905. The summed E-state index contributed by atoms with van der Waals surface area (Å²) in [6.07, 6.45) is 5.29. The average molecular weight is 398 g/mol. The number of rotatable bonds is 5. The minimum Gasteiger partial charge on any atom is -0.450 e. The lowest BCUT2D eigenvalue weighted by molar-refractivity contribution is -0.138. The van der Waals surface area contributed by atoms with Gasteiger partial charge >= 0.3 is 6.09 Å². The van der Waals surface area contributed by atoms with E-state index in [1.165, 1.54) is 0 Å². The Morgan fingerprint density at radius 2 is 1.79 bits per heavy atom. The zero-order valence-electron chi connectivity index (χ0n) is 17.6. The Morgan fingerprint density at radius 1 is 1.11 bits per heavy atom. The van der Waals surface area contributed by atoms with Crippen LogP contribution in [-0.2, 0) is 9.53 Å². The smallest absolute Gasteiger partial charge is 0.409 e.